The number of hydrogen-bond acceptors (Lipinski definition) is 4. The first-order valence-electron chi connectivity index (χ1n) is 5.79. The summed E-state index contributed by atoms with van der Waals surface area (Å²) in [6.45, 7) is 3.48. The zero-order valence-corrected chi connectivity index (χ0v) is 11.2. The molecule has 4 N–H and O–H groups in total. The van der Waals surface area contributed by atoms with Gasteiger partial charge >= 0.3 is 0 Å². The number of nitrogens with zero attached hydrogens (tertiary/aromatic N) is 2. The number of hydrogen-bond donors (Lipinski definition) is 3. The lowest BCUT2D eigenvalue weighted by molar-refractivity contribution is 0.0745. The minimum atomic E-state index is -0.403. The van der Waals surface area contributed by atoms with E-state index in [0.717, 1.165) is 0 Å². The Morgan fingerprint density at radius 3 is 2.79 bits per heavy atom. The summed E-state index contributed by atoms with van der Waals surface area (Å²) in [5.74, 6) is -0.371. The number of oxime groups is 1. The molecule has 1 amide bonds. The number of carbonyl (C=O) groups is 1. The van der Waals surface area contributed by atoms with Crippen molar-refractivity contribution in [3.63, 3.8) is 0 Å². The molecule has 0 saturated carbocycles. The van der Waals surface area contributed by atoms with Crippen LogP contribution in [0.3, 0.4) is 0 Å². The normalized spacial score (nSPS) is 13.1. The Hall–Kier alpha value is -2.31. The fourth-order valence-electron chi connectivity index (χ4n) is 1.61. The van der Waals surface area contributed by atoms with E-state index in [9.17, 15) is 9.59 Å². The van der Waals surface area contributed by atoms with Crippen LogP contribution in [0.1, 0.15) is 29.4 Å². The molecule has 1 aromatic rings. The van der Waals surface area contributed by atoms with Gasteiger partial charge in [-0.15, -0.1) is 0 Å². The number of rotatable bonds is 4. The third-order valence-corrected chi connectivity index (χ3v) is 2.90. The topological polar surface area (TPSA) is 112 Å². The summed E-state index contributed by atoms with van der Waals surface area (Å²) in [7, 11) is 1.57. The first-order chi connectivity index (χ1) is 8.86. The van der Waals surface area contributed by atoms with E-state index in [4.69, 9.17) is 10.9 Å². The minimum absolute atomic E-state index is 0.0324. The Bertz CT molecular complexity index is 550. The average Bonchev–Trinajstić information content (AvgIpc) is 2.36. The van der Waals surface area contributed by atoms with E-state index in [1.165, 1.54) is 17.2 Å². The summed E-state index contributed by atoms with van der Waals surface area (Å²) in [5.41, 5.74) is 5.82. The summed E-state index contributed by atoms with van der Waals surface area (Å²) < 4.78 is 0. The summed E-state index contributed by atoms with van der Waals surface area (Å²) in [4.78, 5) is 28.1. The molecule has 0 aliphatic rings. The van der Waals surface area contributed by atoms with Gasteiger partial charge in [-0.3, -0.25) is 9.59 Å². The first-order valence-corrected chi connectivity index (χ1v) is 5.79. The molecule has 1 heterocycles. The molecular formula is C12H18N4O3. The van der Waals surface area contributed by atoms with Crippen molar-refractivity contribution >= 4 is 11.7 Å². The number of carbonyl (C=O) groups excluding carboxylic acids is 1. The summed E-state index contributed by atoms with van der Waals surface area (Å²) in [5, 5.41) is 11.4. The number of amides is 1. The number of aromatic nitrogens is 1. The van der Waals surface area contributed by atoms with Crippen LogP contribution < -0.4 is 11.2 Å². The molecule has 0 saturated heterocycles. The van der Waals surface area contributed by atoms with Crippen LogP contribution in [-0.2, 0) is 0 Å². The molecule has 0 aliphatic heterocycles. The van der Waals surface area contributed by atoms with Crippen LogP contribution in [0.15, 0.2) is 22.2 Å². The van der Waals surface area contributed by atoms with Crippen LogP contribution in [0.4, 0.5) is 0 Å². The van der Waals surface area contributed by atoms with Crippen molar-refractivity contribution in [1.82, 2.24) is 9.88 Å². The second-order valence-electron chi connectivity index (χ2n) is 4.45. The van der Waals surface area contributed by atoms with Gasteiger partial charge in [-0.1, -0.05) is 5.16 Å². The highest BCUT2D eigenvalue weighted by atomic mass is 16.4. The van der Waals surface area contributed by atoms with Crippen molar-refractivity contribution in [3.8, 4) is 0 Å². The Morgan fingerprint density at radius 2 is 2.26 bits per heavy atom. The highest BCUT2D eigenvalue weighted by molar-refractivity contribution is 5.94. The van der Waals surface area contributed by atoms with Crippen molar-refractivity contribution < 1.29 is 10.0 Å². The van der Waals surface area contributed by atoms with Crippen LogP contribution in [0, 0.1) is 6.92 Å². The van der Waals surface area contributed by atoms with Gasteiger partial charge in [0.2, 0.25) is 0 Å². The second-order valence-corrected chi connectivity index (χ2v) is 4.45. The molecule has 0 fully saturated rings. The third kappa shape index (κ3) is 3.57. The third-order valence-electron chi connectivity index (χ3n) is 2.90. The van der Waals surface area contributed by atoms with Gasteiger partial charge in [0.05, 0.1) is 0 Å². The van der Waals surface area contributed by atoms with Gasteiger partial charge in [0.15, 0.2) is 5.43 Å². The number of nitrogens with two attached hydrogens (primary N) is 1. The number of aryl methyl sites for hydroxylation is 1. The SMILES string of the molecule is Cc1cc(=O)c(C(=O)N(C)C(C)CC(N)=NO)c[nH]1. The number of amidine groups is 1. The fraction of sp³-hybridized carbons (Fsp3) is 0.417. The van der Waals surface area contributed by atoms with E-state index in [1.54, 1.807) is 20.9 Å². The Balaban J connectivity index is 2.90. The number of nitrogens with one attached hydrogen (secondary N) is 1. The molecule has 1 unspecified atom stereocenters. The molecule has 0 aliphatic carbocycles. The lowest BCUT2D eigenvalue weighted by atomic mass is 10.1. The van der Waals surface area contributed by atoms with Crippen molar-refractivity contribution in [2.45, 2.75) is 26.3 Å². The predicted octanol–water partition coefficient (Wildman–Crippen LogP) is 0.280. The van der Waals surface area contributed by atoms with Crippen LogP contribution in [0.25, 0.3) is 0 Å². The molecule has 0 aromatic carbocycles. The van der Waals surface area contributed by atoms with Crippen LogP contribution in [-0.4, -0.2) is 39.9 Å². The van der Waals surface area contributed by atoms with Crippen molar-refractivity contribution in [2.24, 2.45) is 10.9 Å². The van der Waals surface area contributed by atoms with E-state index in [1.807, 2.05) is 0 Å². The molecule has 1 rings (SSSR count). The molecule has 7 heteroatoms. The van der Waals surface area contributed by atoms with Gasteiger partial charge in [0.25, 0.3) is 5.91 Å². The predicted molar refractivity (Wildman–Crippen MR) is 71.4 cm³/mol. The number of pyridine rings is 1. The van der Waals surface area contributed by atoms with E-state index in [2.05, 4.69) is 10.1 Å². The van der Waals surface area contributed by atoms with E-state index in [0.29, 0.717) is 5.69 Å². The summed E-state index contributed by atoms with van der Waals surface area (Å²) in [6.07, 6.45) is 1.62. The lowest BCUT2D eigenvalue weighted by Gasteiger charge is -2.24. The highest BCUT2D eigenvalue weighted by Crippen LogP contribution is 2.06. The highest BCUT2D eigenvalue weighted by Gasteiger charge is 2.20. The summed E-state index contributed by atoms with van der Waals surface area (Å²) in [6, 6.07) is 1.08. The van der Waals surface area contributed by atoms with Crippen molar-refractivity contribution in [3.05, 3.63) is 33.7 Å². The molecular weight excluding hydrogens is 248 g/mol. The molecule has 104 valence electrons. The van der Waals surface area contributed by atoms with E-state index in [-0.39, 0.29) is 29.3 Å². The number of aromatic amines is 1. The number of H-pyrrole nitrogens is 1. The molecule has 0 bridgehead atoms. The van der Waals surface area contributed by atoms with Gasteiger partial charge < -0.3 is 20.8 Å². The van der Waals surface area contributed by atoms with E-state index < -0.39 is 5.91 Å². The Kier molecular flexibility index (Phi) is 4.68. The van der Waals surface area contributed by atoms with Crippen LogP contribution in [0.5, 0.6) is 0 Å². The van der Waals surface area contributed by atoms with Crippen LogP contribution in [0.2, 0.25) is 0 Å². The molecule has 7 nitrogen and oxygen atoms in total. The Labute approximate surface area is 110 Å². The van der Waals surface area contributed by atoms with Gasteiger partial charge in [0.1, 0.15) is 11.4 Å². The average molecular weight is 266 g/mol. The zero-order valence-electron chi connectivity index (χ0n) is 11.2. The standard InChI is InChI=1S/C12H18N4O3/c1-7-4-10(17)9(6-14-7)12(18)16(3)8(2)5-11(13)15-19/h4,6,8,19H,5H2,1-3H3,(H2,13,15)(H,14,17). The molecule has 0 spiro atoms. The zero-order chi connectivity index (χ0) is 14.6. The van der Waals surface area contributed by atoms with Gasteiger partial charge in [0, 0.05) is 37.5 Å². The lowest BCUT2D eigenvalue weighted by Crippen LogP contribution is -2.39. The molecule has 1 atom stereocenters. The smallest absolute Gasteiger partial charge is 0.259 e. The van der Waals surface area contributed by atoms with Gasteiger partial charge in [-0.25, -0.2) is 0 Å². The van der Waals surface area contributed by atoms with Gasteiger partial charge in [-0.05, 0) is 13.8 Å². The quantitative estimate of drug-likeness (QED) is 0.314. The molecule has 19 heavy (non-hydrogen) atoms. The van der Waals surface area contributed by atoms with Gasteiger partial charge in [-0.2, -0.15) is 0 Å². The fourth-order valence-corrected chi connectivity index (χ4v) is 1.61. The first kappa shape index (κ1) is 14.7. The van der Waals surface area contributed by atoms with Crippen molar-refractivity contribution in [2.75, 3.05) is 7.05 Å². The van der Waals surface area contributed by atoms with Crippen LogP contribution >= 0.6 is 0 Å². The molecule has 1 aromatic heterocycles. The maximum absolute atomic E-state index is 12.2. The second kappa shape index (κ2) is 6.03. The van der Waals surface area contributed by atoms with E-state index >= 15 is 0 Å². The Morgan fingerprint density at radius 1 is 1.63 bits per heavy atom. The molecule has 0 radical (unpaired) electrons. The monoisotopic (exact) mass is 266 g/mol. The minimum Gasteiger partial charge on any atom is -0.409 e. The summed E-state index contributed by atoms with van der Waals surface area (Å²) >= 11 is 0. The van der Waals surface area contributed by atoms with Crippen molar-refractivity contribution in [1.29, 1.82) is 0 Å². The largest absolute Gasteiger partial charge is 0.409 e. The maximum atomic E-state index is 12.2. The maximum Gasteiger partial charge on any atom is 0.259 e.